The van der Waals surface area contributed by atoms with Gasteiger partial charge in [-0.3, -0.25) is 4.90 Å². The molecule has 0 radical (unpaired) electrons. The summed E-state index contributed by atoms with van der Waals surface area (Å²) in [5, 5.41) is 9.92. The van der Waals surface area contributed by atoms with Gasteiger partial charge in [-0.1, -0.05) is 0 Å². The number of carbonyl (C=O) groups excluding carboxylic acids is 1. The highest BCUT2D eigenvalue weighted by molar-refractivity contribution is 5.91. The van der Waals surface area contributed by atoms with Gasteiger partial charge in [-0.25, -0.2) is 4.79 Å². The average Bonchev–Trinajstić information content (AvgIpc) is 2.38. The number of phenolic OH excluding ortho intramolecular Hbond substituents is 1. The zero-order chi connectivity index (χ0) is 14.9. The summed E-state index contributed by atoms with van der Waals surface area (Å²) in [5.41, 5.74) is 7.48. The molecule has 2 atom stereocenters. The van der Waals surface area contributed by atoms with Gasteiger partial charge in [0.15, 0.2) is 11.5 Å². The van der Waals surface area contributed by atoms with Crippen molar-refractivity contribution in [2.45, 2.75) is 32.4 Å². The van der Waals surface area contributed by atoms with Crippen LogP contribution in [0.2, 0.25) is 0 Å². The number of fused-ring (bicyclic) bond motifs is 1. The van der Waals surface area contributed by atoms with Gasteiger partial charge in [0.25, 0.3) is 0 Å². The smallest absolute Gasteiger partial charge is 0.414 e. The van der Waals surface area contributed by atoms with Crippen LogP contribution in [0.5, 0.6) is 11.5 Å². The molecule has 20 heavy (non-hydrogen) atoms. The van der Waals surface area contributed by atoms with Gasteiger partial charge in [-0.15, -0.1) is 0 Å². The lowest BCUT2D eigenvalue weighted by Crippen LogP contribution is -2.44. The number of ether oxygens (including phenoxy) is 2. The summed E-state index contributed by atoms with van der Waals surface area (Å²) >= 11 is 0. The quantitative estimate of drug-likeness (QED) is 0.867. The van der Waals surface area contributed by atoms with Crippen molar-refractivity contribution < 1.29 is 19.4 Å². The van der Waals surface area contributed by atoms with E-state index in [9.17, 15) is 9.90 Å². The number of benzene rings is 1. The third-order valence-corrected chi connectivity index (χ3v) is 3.49. The molecule has 110 valence electrons. The molecule has 1 heterocycles. The molecule has 0 fully saturated rings. The normalized spacial score (nSPS) is 21.3. The van der Waals surface area contributed by atoms with Gasteiger partial charge in [0, 0.05) is 18.2 Å². The van der Waals surface area contributed by atoms with Crippen LogP contribution in [-0.4, -0.2) is 31.0 Å². The number of phenols is 1. The minimum Gasteiger partial charge on any atom is -0.504 e. The van der Waals surface area contributed by atoms with E-state index in [1.165, 1.54) is 18.1 Å². The minimum atomic E-state index is -0.433. The number of hydrogen-bond acceptors (Lipinski definition) is 5. The Hall–Kier alpha value is -1.95. The predicted molar refractivity (Wildman–Crippen MR) is 75.2 cm³/mol. The van der Waals surface area contributed by atoms with Crippen LogP contribution >= 0.6 is 0 Å². The first-order chi connectivity index (χ1) is 9.49. The number of anilines is 1. The van der Waals surface area contributed by atoms with E-state index in [0.29, 0.717) is 24.5 Å². The second-order valence-corrected chi connectivity index (χ2v) is 4.84. The van der Waals surface area contributed by atoms with E-state index in [1.54, 1.807) is 13.0 Å². The van der Waals surface area contributed by atoms with Gasteiger partial charge in [0.1, 0.15) is 0 Å². The number of methoxy groups -OCH3 is 1. The van der Waals surface area contributed by atoms with Crippen LogP contribution in [0.4, 0.5) is 10.5 Å². The average molecular weight is 280 g/mol. The van der Waals surface area contributed by atoms with E-state index < -0.39 is 6.09 Å². The molecule has 6 heteroatoms. The highest BCUT2D eigenvalue weighted by Gasteiger charge is 2.34. The van der Waals surface area contributed by atoms with Gasteiger partial charge >= 0.3 is 6.09 Å². The largest absolute Gasteiger partial charge is 0.504 e. The Bertz CT molecular complexity index is 518. The molecule has 0 unspecified atom stereocenters. The van der Waals surface area contributed by atoms with Crippen LogP contribution in [0.1, 0.15) is 31.9 Å². The van der Waals surface area contributed by atoms with Crippen molar-refractivity contribution in [1.82, 2.24) is 0 Å². The third kappa shape index (κ3) is 2.38. The van der Waals surface area contributed by atoms with E-state index in [4.69, 9.17) is 15.2 Å². The fourth-order valence-corrected chi connectivity index (χ4v) is 2.55. The first kappa shape index (κ1) is 14.5. The Morgan fingerprint density at radius 3 is 2.85 bits per heavy atom. The summed E-state index contributed by atoms with van der Waals surface area (Å²) in [6.45, 7) is 3.96. The zero-order valence-corrected chi connectivity index (χ0v) is 11.9. The topological polar surface area (TPSA) is 85.0 Å². The summed E-state index contributed by atoms with van der Waals surface area (Å²) in [5.74, 6) is 0.319. The minimum absolute atomic E-state index is 0.0261. The Morgan fingerprint density at radius 1 is 1.55 bits per heavy atom. The van der Waals surface area contributed by atoms with Crippen LogP contribution < -0.4 is 15.4 Å². The first-order valence-corrected chi connectivity index (χ1v) is 6.62. The van der Waals surface area contributed by atoms with Crippen LogP contribution in [0.15, 0.2) is 12.1 Å². The molecule has 1 aliphatic rings. The highest BCUT2D eigenvalue weighted by atomic mass is 16.6. The molecule has 0 saturated carbocycles. The Balaban J connectivity index is 2.51. The monoisotopic (exact) mass is 280 g/mol. The number of rotatable bonds is 2. The van der Waals surface area contributed by atoms with Gasteiger partial charge in [0.2, 0.25) is 0 Å². The number of hydrogen-bond donors (Lipinski definition) is 2. The van der Waals surface area contributed by atoms with Crippen LogP contribution in [-0.2, 0) is 4.74 Å². The zero-order valence-electron chi connectivity index (χ0n) is 11.9. The maximum absolute atomic E-state index is 12.1. The Kier molecular flexibility index (Phi) is 4.04. The van der Waals surface area contributed by atoms with Gasteiger partial charge in [-0.2, -0.15) is 0 Å². The van der Waals surface area contributed by atoms with Crippen molar-refractivity contribution in [2.75, 3.05) is 18.6 Å². The number of nitrogens with two attached hydrogens (primary N) is 1. The van der Waals surface area contributed by atoms with Gasteiger partial charge in [0.05, 0.1) is 19.4 Å². The summed E-state index contributed by atoms with van der Waals surface area (Å²) in [4.78, 5) is 13.6. The fourth-order valence-electron chi connectivity index (χ4n) is 2.55. The second kappa shape index (κ2) is 5.58. The van der Waals surface area contributed by atoms with Crippen molar-refractivity contribution in [3.05, 3.63) is 17.7 Å². The molecule has 1 aromatic rings. The molecule has 3 N–H and O–H groups in total. The SMILES string of the molecule is CCOC(=O)N1c2cc(O)c(OC)cc2[C@H](N)C[C@H]1C. The second-order valence-electron chi connectivity index (χ2n) is 4.84. The molecule has 1 amide bonds. The molecular formula is C14H20N2O4. The van der Waals surface area contributed by atoms with Crippen LogP contribution in [0.3, 0.4) is 0 Å². The number of nitrogens with zero attached hydrogens (tertiary/aromatic N) is 1. The summed E-state index contributed by atoms with van der Waals surface area (Å²) < 4.78 is 10.2. The van der Waals surface area contributed by atoms with E-state index in [0.717, 1.165) is 5.56 Å². The Morgan fingerprint density at radius 2 is 2.25 bits per heavy atom. The molecule has 1 aliphatic heterocycles. The molecule has 0 aliphatic carbocycles. The van der Waals surface area contributed by atoms with Crippen molar-refractivity contribution >= 4 is 11.8 Å². The maximum Gasteiger partial charge on any atom is 0.414 e. The number of aromatic hydroxyl groups is 1. The molecule has 2 rings (SSSR count). The first-order valence-electron chi connectivity index (χ1n) is 6.62. The number of amides is 1. The van der Waals surface area contributed by atoms with E-state index in [2.05, 4.69) is 0 Å². The van der Waals surface area contributed by atoms with E-state index >= 15 is 0 Å². The lowest BCUT2D eigenvalue weighted by molar-refractivity contribution is 0.156. The molecule has 0 bridgehead atoms. The van der Waals surface area contributed by atoms with E-state index in [1.807, 2.05) is 6.92 Å². The van der Waals surface area contributed by atoms with Gasteiger partial charge < -0.3 is 20.3 Å². The molecule has 0 spiro atoms. The summed E-state index contributed by atoms with van der Waals surface area (Å²) in [6.07, 6.45) is 0.192. The summed E-state index contributed by atoms with van der Waals surface area (Å²) in [6, 6.07) is 2.87. The fraction of sp³-hybridized carbons (Fsp3) is 0.500. The van der Waals surface area contributed by atoms with Crippen LogP contribution in [0, 0.1) is 0 Å². The molecule has 1 aromatic carbocycles. The highest BCUT2D eigenvalue weighted by Crippen LogP contribution is 2.42. The van der Waals surface area contributed by atoms with Crippen molar-refractivity contribution in [2.24, 2.45) is 5.73 Å². The molecule has 0 saturated heterocycles. The number of carbonyl (C=O) groups is 1. The molecule has 6 nitrogen and oxygen atoms in total. The Labute approximate surface area is 118 Å². The lowest BCUT2D eigenvalue weighted by atomic mass is 9.92. The van der Waals surface area contributed by atoms with Crippen molar-refractivity contribution in [3.63, 3.8) is 0 Å². The molecular weight excluding hydrogens is 260 g/mol. The van der Waals surface area contributed by atoms with Crippen molar-refractivity contribution in [1.29, 1.82) is 0 Å². The summed E-state index contributed by atoms with van der Waals surface area (Å²) in [7, 11) is 1.47. The maximum atomic E-state index is 12.1. The van der Waals surface area contributed by atoms with Crippen LogP contribution in [0.25, 0.3) is 0 Å². The lowest BCUT2D eigenvalue weighted by Gasteiger charge is -2.37. The standard InChI is InChI=1S/C14H20N2O4/c1-4-20-14(18)16-8(2)5-10(15)9-6-13(19-3)12(17)7-11(9)16/h6-8,10,17H,4-5,15H2,1-3H3/t8-,10-/m1/s1. The predicted octanol–water partition coefficient (Wildman–Crippen LogP) is 2.16. The molecule has 0 aromatic heterocycles. The van der Waals surface area contributed by atoms with E-state index in [-0.39, 0.29) is 17.8 Å². The van der Waals surface area contributed by atoms with Crippen molar-refractivity contribution in [3.8, 4) is 11.5 Å². The van der Waals surface area contributed by atoms with Gasteiger partial charge in [-0.05, 0) is 31.9 Å². The third-order valence-electron chi connectivity index (χ3n) is 3.49.